The van der Waals surface area contributed by atoms with Crippen LogP contribution in [0.4, 0.5) is 4.39 Å². The molecule has 1 aliphatic carbocycles. The fourth-order valence-electron chi connectivity index (χ4n) is 2.89. The second-order valence-electron chi connectivity index (χ2n) is 5.80. The normalized spacial score (nSPS) is 16.8. The summed E-state index contributed by atoms with van der Waals surface area (Å²) in [6.07, 6.45) is 3.88. The lowest BCUT2D eigenvalue weighted by Gasteiger charge is -2.17. The number of benzene rings is 1. The Kier molecular flexibility index (Phi) is 3.46. The van der Waals surface area contributed by atoms with Gasteiger partial charge in [0.15, 0.2) is 5.82 Å². The van der Waals surface area contributed by atoms with Crippen molar-refractivity contribution in [3.05, 3.63) is 41.3 Å². The number of thiazole rings is 1. The molecule has 1 aliphatic rings. The average Bonchev–Trinajstić information content (AvgIpc) is 3.27. The van der Waals surface area contributed by atoms with Gasteiger partial charge in [0.25, 0.3) is 5.89 Å². The van der Waals surface area contributed by atoms with Gasteiger partial charge in [-0.05, 0) is 25.0 Å². The second kappa shape index (κ2) is 5.50. The van der Waals surface area contributed by atoms with Gasteiger partial charge in [-0.1, -0.05) is 30.1 Å². The number of nitrogens with two attached hydrogens (primary N) is 1. The zero-order valence-corrected chi connectivity index (χ0v) is 13.1. The highest BCUT2D eigenvalue weighted by atomic mass is 32.1. The van der Waals surface area contributed by atoms with Gasteiger partial charge in [0.1, 0.15) is 16.5 Å². The molecule has 0 aliphatic heterocycles. The van der Waals surface area contributed by atoms with E-state index in [4.69, 9.17) is 10.3 Å². The third-order valence-electron chi connectivity index (χ3n) is 4.19. The van der Waals surface area contributed by atoms with Crippen LogP contribution in [0.1, 0.15) is 31.5 Å². The fourth-order valence-corrected chi connectivity index (χ4v) is 3.71. The highest BCUT2D eigenvalue weighted by Gasteiger charge is 2.36. The number of aromatic nitrogens is 3. The van der Waals surface area contributed by atoms with Gasteiger partial charge in [-0.25, -0.2) is 9.37 Å². The molecule has 7 heteroatoms. The fraction of sp³-hybridized carbons (Fsp3) is 0.312. The first-order valence-corrected chi connectivity index (χ1v) is 8.38. The summed E-state index contributed by atoms with van der Waals surface area (Å²) in [5.41, 5.74) is 6.86. The Labute approximate surface area is 136 Å². The van der Waals surface area contributed by atoms with Crippen molar-refractivity contribution in [3.63, 3.8) is 0 Å². The van der Waals surface area contributed by atoms with Crippen molar-refractivity contribution in [3.8, 4) is 22.2 Å². The van der Waals surface area contributed by atoms with Gasteiger partial charge in [0, 0.05) is 10.9 Å². The molecule has 4 rings (SSSR count). The van der Waals surface area contributed by atoms with E-state index in [1.165, 1.54) is 17.4 Å². The van der Waals surface area contributed by atoms with Crippen LogP contribution in [0.2, 0.25) is 0 Å². The van der Waals surface area contributed by atoms with Crippen molar-refractivity contribution in [2.45, 2.75) is 31.2 Å². The first kappa shape index (κ1) is 14.5. The number of nitrogens with zero attached hydrogens (tertiary/aromatic N) is 3. The van der Waals surface area contributed by atoms with Crippen LogP contribution in [0.3, 0.4) is 0 Å². The minimum absolute atomic E-state index is 0.300. The standard InChI is InChI=1S/C16H15FN4OS/c17-11-6-2-1-5-10(11)14-19-12(9-23-14)13-20-15(21-22-13)16(18)7-3-4-8-16/h1-2,5-6,9H,3-4,7-8,18H2. The molecule has 1 fully saturated rings. The van der Waals surface area contributed by atoms with Gasteiger partial charge < -0.3 is 10.3 Å². The Hall–Kier alpha value is -2.12. The van der Waals surface area contributed by atoms with E-state index in [2.05, 4.69) is 15.1 Å². The van der Waals surface area contributed by atoms with Gasteiger partial charge >= 0.3 is 0 Å². The maximum Gasteiger partial charge on any atom is 0.277 e. The van der Waals surface area contributed by atoms with Crippen molar-refractivity contribution >= 4 is 11.3 Å². The topological polar surface area (TPSA) is 77.8 Å². The van der Waals surface area contributed by atoms with Crippen molar-refractivity contribution < 1.29 is 8.91 Å². The molecule has 0 amide bonds. The Morgan fingerprint density at radius 2 is 1.96 bits per heavy atom. The third-order valence-corrected chi connectivity index (χ3v) is 5.07. The van der Waals surface area contributed by atoms with E-state index in [-0.39, 0.29) is 5.82 Å². The van der Waals surface area contributed by atoms with E-state index >= 15 is 0 Å². The van der Waals surface area contributed by atoms with Crippen molar-refractivity contribution in [1.29, 1.82) is 0 Å². The Morgan fingerprint density at radius 3 is 2.74 bits per heavy atom. The Balaban J connectivity index is 1.65. The van der Waals surface area contributed by atoms with Gasteiger partial charge in [-0.3, -0.25) is 0 Å². The molecule has 0 radical (unpaired) electrons. The molecule has 118 valence electrons. The minimum Gasteiger partial charge on any atom is -0.332 e. The lowest BCUT2D eigenvalue weighted by atomic mass is 9.99. The largest absolute Gasteiger partial charge is 0.332 e. The Morgan fingerprint density at radius 1 is 1.17 bits per heavy atom. The van der Waals surface area contributed by atoms with Crippen LogP contribution in [-0.2, 0) is 5.54 Å². The monoisotopic (exact) mass is 330 g/mol. The minimum atomic E-state index is -0.494. The van der Waals surface area contributed by atoms with E-state index in [9.17, 15) is 4.39 Å². The summed E-state index contributed by atoms with van der Waals surface area (Å²) in [4.78, 5) is 8.83. The van der Waals surface area contributed by atoms with Gasteiger partial charge in [-0.2, -0.15) is 4.98 Å². The molecule has 23 heavy (non-hydrogen) atoms. The van der Waals surface area contributed by atoms with E-state index in [0.29, 0.717) is 28.0 Å². The van der Waals surface area contributed by atoms with Gasteiger partial charge in [0.05, 0.1) is 5.54 Å². The summed E-state index contributed by atoms with van der Waals surface area (Å²) in [6.45, 7) is 0. The van der Waals surface area contributed by atoms with E-state index in [1.54, 1.807) is 23.6 Å². The predicted molar refractivity (Wildman–Crippen MR) is 85.1 cm³/mol. The number of hydrogen-bond acceptors (Lipinski definition) is 6. The van der Waals surface area contributed by atoms with Crippen LogP contribution in [0.5, 0.6) is 0 Å². The molecule has 0 bridgehead atoms. The van der Waals surface area contributed by atoms with Crippen LogP contribution in [0.25, 0.3) is 22.2 Å². The molecule has 5 nitrogen and oxygen atoms in total. The lowest BCUT2D eigenvalue weighted by molar-refractivity contribution is 0.372. The lowest BCUT2D eigenvalue weighted by Crippen LogP contribution is -2.34. The molecule has 1 aromatic carbocycles. The van der Waals surface area contributed by atoms with Crippen LogP contribution < -0.4 is 5.73 Å². The smallest absolute Gasteiger partial charge is 0.277 e. The first-order chi connectivity index (χ1) is 11.2. The first-order valence-electron chi connectivity index (χ1n) is 7.50. The SMILES string of the molecule is NC1(c2noc(-c3csc(-c4ccccc4F)n3)n2)CCCC1. The van der Waals surface area contributed by atoms with Crippen molar-refractivity contribution in [1.82, 2.24) is 15.1 Å². The van der Waals surface area contributed by atoms with E-state index < -0.39 is 5.54 Å². The zero-order chi connectivity index (χ0) is 15.9. The molecule has 0 atom stereocenters. The summed E-state index contributed by atoms with van der Waals surface area (Å²) in [5, 5.41) is 6.40. The third kappa shape index (κ3) is 2.55. The van der Waals surface area contributed by atoms with Crippen LogP contribution in [0, 0.1) is 5.82 Å². The van der Waals surface area contributed by atoms with E-state index in [0.717, 1.165) is 25.7 Å². The predicted octanol–water partition coefficient (Wildman–Crippen LogP) is 3.73. The molecular formula is C16H15FN4OS. The summed E-state index contributed by atoms with van der Waals surface area (Å²) in [7, 11) is 0. The van der Waals surface area contributed by atoms with E-state index in [1.807, 2.05) is 0 Å². The van der Waals surface area contributed by atoms with Crippen LogP contribution in [0.15, 0.2) is 34.2 Å². The van der Waals surface area contributed by atoms with Gasteiger partial charge in [-0.15, -0.1) is 11.3 Å². The number of hydrogen-bond donors (Lipinski definition) is 1. The molecule has 0 spiro atoms. The molecule has 1 saturated carbocycles. The van der Waals surface area contributed by atoms with Crippen LogP contribution in [-0.4, -0.2) is 15.1 Å². The molecule has 0 unspecified atom stereocenters. The van der Waals surface area contributed by atoms with Crippen LogP contribution >= 0.6 is 11.3 Å². The molecule has 0 saturated heterocycles. The van der Waals surface area contributed by atoms with Crippen molar-refractivity contribution in [2.75, 3.05) is 0 Å². The second-order valence-corrected chi connectivity index (χ2v) is 6.66. The highest BCUT2D eigenvalue weighted by Crippen LogP contribution is 2.36. The molecule has 2 heterocycles. The molecule has 2 N–H and O–H groups in total. The molecular weight excluding hydrogens is 315 g/mol. The maximum atomic E-state index is 13.8. The summed E-state index contributed by atoms with van der Waals surface area (Å²) < 4.78 is 19.2. The molecule has 2 aromatic heterocycles. The number of halogens is 1. The summed E-state index contributed by atoms with van der Waals surface area (Å²) in [5.74, 6) is 0.562. The quantitative estimate of drug-likeness (QED) is 0.792. The summed E-state index contributed by atoms with van der Waals surface area (Å²) in [6, 6.07) is 6.55. The number of rotatable bonds is 3. The summed E-state index contributed by atoms with van der Waals surface area (Å²) >= 11 is 1.34. The maximum absolute atomic E-state index is 13.8. The zero-order valence-electron chi connectivity index (χ0n) is 12.3. The molecule has 3 aromatic rings. The Bertz CT molecular complexity index is 838. The van der Waals surface area contributed by atoms with Gasteiger partial charge in [0.2, 0.25) is 0 Å². The van der Waals surface area contributed by atoms with Crippen molar-refractivity contribution in [2.24, 2.45) is 5.73 Å². The average molecular weight is 330 g/mol. The highest BCUT2D eigenvalue weighted by molar-refractivity contribution is 7.13.